The van der Waals surface area contributed by atoms with Crippen LogP contribution in [0.3, 0.4) is 0 Å². The highest BCUT2D eigenvalue weighted by Gasteiger charge is 2.56. The van der Waals surface area contributed by atoms with Crippen LogP contribution in [-0.2, 0) is 23.7 Å². The summed E-state index contributed by atoms with van der Waals surface area (Å²) in [4.78, 5) is 16.0. The first kappa shape index (κ1) is 23.3. The van der Waals surface area contributed by atoms with E-state index in [0.29, 0.717) is 30.8 Å². The Balaban J connectivity index is 1.36. The fourth-order valence-corrected chi connectivity index (χ4v) is 3.82. The second-order valence-corrected chi connectivity index (χ2v) is 8.02. The van der Waals surface area contributed by atoms with Crippen LogP contribution in [0.2, 0.25) is 0 Å². The standard InChI is InChI=1S/C20H26N6O7/c1-11(19(29)32-12-4-5-30-6-12)24-10-31-8-20(7-21)17(28)15(27)16(33-20)13-2-3-14-18(22)23-9-25-26(13)14/h2-3,9,11-12,15-17,24,27-28H,4-6,8,10H2,1H3,(H2,22,23,25)/t11-,12+,15-,16-,17-,20+/m0/s1. The minimum atomic E-state index is -1.83. The summed E-state index contributed by atoms with van der Waals surface area (Å²) in [6, 6.07) is 4.53. The Labute approximate surface area is 189 Å². The summed E-state index contributed by atoms with van der Waals surface area (Å²) < 4.78 is 23.2. The number of carbonyl (C=O) groups is 1. The monoisotopic (exact) mass is 462 g/mol. The van der Waals surface area contributed by atoms with Gasteiger partial charge >= 0.3 is 5.97 Å². The van der Waals surface area contributed by atoms with Gasteiger partial charge in [0.05, 0.1) is 32.2 Å². The molecule has 2 aliphatic heterocycles. The van der Waals surface area contributed by atoms with Gasteiger partial charge in [0, 0.05) is 6.42 Å². The van der Waals surface area contributed by atoms with Crippen molar-refractivity contribution in [1.29, 1.82) is 5.26 Å². The van der Waals surface area contributed by atoms with Crippen molar-refractivity contribution >= 4 is 17.3 Å². The van der Waals surface area contributed by atoms with Crippen LogP contribution in [0.25, 0.3) is 5.52 Å². The van der Waals surface area contributed by atoms with Gasteiger partial charge in [-0.25, -0.2) is 9.50 Å². The highest BCUT2D eigenvalue weighted by molar-refractivity contribution is 5.75. The summed E-state index contributed by atoms with van der Waals surface area (Å²) in [6.45, 7) is 2.09. The van der Waals surface area contributed by atoms with Crippen molar-refractivity contribution in [3.05, 3.63) is 24.2 Å². The number of fused-ring (bicyclic) bond motifs is 1. The van der Waals surface area contributed by atoms with Crippen molar-refractivity contribution in [2.45, 2.75) is 49.4 Å². The first-order valence-corrected chi connectivity index (χ1v) is 10.5. The molecule has 13 nitrogen and oxygen atoms in total. The molecule has 2 aromatic heterocycles. The predicted octanol–water partition coefficient (Wildman–Crippen LogP) is -1.35. The predicted molar refractivity (Wildman–Crippen MR) is 110 cm³/mol. The number of nitrogens with one attached hydrogen (secondary N) is 1. The number of nitriles is 1. The van der Waals surface area contributed by atoms with Gasteiger partial charge in [0.15, 0.2) is 5.82 Å². The van der Waals surface area contributed by atoms with Gasteiger partial charge in [-0.15, -0.1) is 0 Å². The maximum absolute atomic E-state index is 12.1. The molecule has 13 heteroatoms. The zero-order valence-electron chi connectivity index (χ0n) is 18.0. The van der Waals surface area contributed by atoms with E-state index in [9.17, 15) is 20.3 Å². The molecule has 0 amide bonds. The third kappa shape index (κ3) is 4.49. The minimum Gasteiger partial charge on any atom is -0.459 e. The van der Waals surface area contributed by atoms with Gasteiger partial charge in [-0.3, -0.25) is 10.1 Å². The Morgan fingerprint density at radius 3 is 3.06 bits per heavy atom. The van der Waals surface area contributed by atoms with Crippen LogP contribution >= 0.6 is 0 Å². The molecule has 2 aromatic rings. The Morgan fingerprint density at radius 2 is 2.33 bits per heavy atom. The number of ether oxygens (including phenoxy) is 4. The number of aromatic nitrogens is 3. The van der Waals surface area contributed by atoms with E-state index in [0.717, 1.165) is 0 Å². The van der Waals surface area contributed by atoms with Crippen LogP contribution in [0.15, 0.2) is 18.5 Å². The second kappa shape index (κ2) is 9.56. The largest absolute Gasteiger partial charge is 0.459 e. The van der Waals surface area contributed by atoms with E-state index in [4.69, 9.17) is 24.7 Å². The molecular weight excluding hydrogens is 436 g/mol. The molecule has 0 radical (unpaired) electrons. The van der Waals surface area contributed by atoms with Gasteiger partial charge < -0.3 is 34.9 Å². The Kier molecular flexibility index (Phi) is 6.75. The number of rotatable bonds is 8. The number of esters is 1. The highest BCUT2D eigenvalue weighted by atomic mass is 16.6. The number of nitrogens with two attached hydrogens (primary N) is 1. The van der Waals surface area contributed by atoms with E-state index >= 15 is 0 Å². The highest BCUT2D eigenvalue weighted by Crippen LogP contribution is 2.40. The SMILES string of the molecule is C[C@H](NCOC[C@@]1(C#N)O[C@@H](c2ccc3c(N)ncnn23)[C@H](O)[C@@H]1O)C(=O)O[C@@H]1CCOC1. The van der Waals surface area contributed by atoms with Crippen molar-refractivity contribution < 1.29 is 34.0 Å². The summed E-state index contributed by atoms with van der Waals surface area (Å²) >= 11 is 0. The molecule has 4 heterocycles. The third-order valence-electron chi connectivity index (χ3n) is 5.77. The zero-order valence-corrected chi connectivity index (χ0v) is 18.0. The van der Waals surface area contributed by atoms with Gasteiger partial charge in [0.1, 0.15) is 48.4 Å². The lowest BCUT2D eigenvalue weighted by molar-refractivity contribution is -0.152. The normalized spacial score (nSPS) is 30.4. The number of aliphatic hydroxyl groups is 2. The van der Waals surface area contributed by atoms with Crippen molar-refractivity contribution in [3.8, 4) is 6.07 Å². The Hall–Kier alpha value is -2.86. The molecule has 0 saturated carbocycles. The van der Waals surface area contributed by atoms with E-state index in [1.54, 1.807) is 19.1 Å². The molecule has 2 saturated heterocycles. The van der Waals surface area contributed by atoms with Gasteiger partial charge in [0.2, 0.25) is 5.60 Å². The van der Waals surface area contributed by atoms with E-state index in [1.165, 1.54) is 10.8 Å². The van der Waals surface area contributed by atoms with Crippen molar-refractivity contribution in [1.82, 2.24) is 19.9 Å². The van der Waals surface area contributed by atoms with Gasteiger partial charge in [-0.05, 0) is 19.1 Å². The summed E-state index contributed by atoms with van der Waals surface area (Å²) in [5.41, 5.74) is 4.90. The molecule has 0 aliphatic carbocycles. The molecule has 4 rings (SSSR count). The second-order valence-electron chi connectivity index (χ2n) is 8.02. The number of carbonyl (C=O) groups excluding carboxylic acids is 1. The van der Waals surface area contributed by atoms with Crippen molar-refractivity contribution in [2.24, 2.45) is 0 Å². The first-order valence-electron chi connectivity index (χ1n) is 10.5. The summed E-state index contributed by atoms with van der Waals surface area (Å²) in [5.74, 6) is -0.212. The van der Waals surface area contributed by atoms with E-state index in [2.05, 4.69) is 15.4 Å². The molecule has 178 valence electrons. The molecule has 0 unspecified atom stereocenters. The number of nitrogen functional groups attached to an aromatic ring is 1. The number of anilines is 1. The number of hydrogen-bond acceptors (Lipinski definition) is 12. The van der Waals surface area contributed by atoms with Crippen LogP contribution in [-0.4, -0.2) is 87.3 Å². The Bertz CT molecular complexity index is 1040. The van der Waals surface area contributed by atoms with Crippen LogP contribution in [0.5, 0.6) is 0 Å². The van der Waals surface area contributed by atoms with E-state index < -0.39 is 35.9 Å². The number of hydrogen-bond donors (Lipinski definition) is 4. The van der Waals surface area contributed by atoms with Gasteiger partial charge in [0.25, 0.3) is 0 Å². The third-order valence-corrected chi connectivity index (χ3v) is 5.77. The Morgan fingerprint density at radius 1 is 1.52 bits per heavy atom. The summed E-state index contributed by atoms with van der Waals surface area (Å²) in [5, 5.41) is 37.9. The average Bonchev–Trinajstić information content (AvgIpc) is 3.53. The van der Waals surface area contributed by atoms with E-state index in [-0.39, 0.29) is 25.3 Å². The molecule has 0 bridgehead atoms. The van der Waals surface area contributed by atoms with Crippen molar-refractivity contribution in [3.63, 3.8) is 0 Å². The van der Waals surface area contributed by atoms with Crippen LogP contribution < -0.4 is 11.1 Å². The lowest BCUT2D eigenvalue weighted by Gasteiger charge is -2.24. The molecule has 2 fully saturated rings. The minimum absolute atomic E-state index is 0.116. The van der Waals surface area contributed by atoms with Gasteiger partial charge in [-0.2, -0.15) is 10.4 Å². The summed E-state index contributed by atoms with van der Waals surface area (Å²) in [7, 11) is 0. The fourth-order valence-electron chi connectivity index (χ4n) is 3.82. The molecule has 5 N–H and O–H groups in total. The number of aliphatic hydroxyl groups excluding tert-OH is 2. The topological polar surface area (TPSA) is 186 Å². The molecule has 33 heavy (non-hydrogen) atoms. The van der Waals surface area contributed by atoms with Crippen LogP contribution in [0.4, 0.5) is 5.82 Å². The molecule has 6 atom stereocenters. The fraction of sp³-hybridized carbons (Fsp3) is 0.600. The summed E-state index contributed by atoms with van der Waals surface area (Å²) in [6.07, 6.45) is -2.37. The zero-order chi connectivity index (χ0) is 23.6. The van der Waals surface area contributed by atoms with Crippen LogP contribution in [0, 0.1) is 11.3 Å². The number of nitrogens with zero attached hydrogens (tertiary/aromatic N) is 4. The molecule has 0 aromatic carbocycles. The lowest BCUT2D eigenvalue weighted by Crippen LogP contribution is -2.47. The lowest BCUT2D eigenvalue weighted by atomic mass is 9.96. The quantitative estimate of drug-likeness (QED) is 0.206. The first-order chi connectivity index (χ1) is 15.9. The van der Waals surface area contributed by atoms with E-state index in [1.807, 2.05) is 6.07 Å². The smallest absolute Gasteiger partial charge is 0.323 e. The molecule has 2 aliphatic rings. The van der Waals surface area contributed by atoms with Crippen molar-refractivity contribution in [2.75, 3.05) is 32.3 Å². The molecule has 0 spiro atoms. The maximum Gasteiger partial charge on any atom is 0.323 e. The average molecular weight is 462 g/mol. The maximum atomic E-state index is 12.1. The van der Waals surface area contributed by atoms with Crippen LogP contribution in [0.1, 0.15) is 25.1 Å². The van der Waals surface area contributed by atoms with Gasteiger partial charge in [-0.1, -0.05) is 0 Å². The molecular formula is C20H26N6O7.